The Hall–Kier alpha value is -2.94. The van der Waals surface area contributed by atoms with Gasteiger partial charge in [0.25, 0.3) is 0 Å². The number of β-lactam (4-membered cyclic amide) rings is 1. The molecule has 3 amide bonds. The van der Waals surface area contributed by atoms with Crippen LogP contribution in [0.25, 0.3) is 0 Å². The molecule has 0 radical (unpaired) electrons. The van der Waals surface area contributed by atoms with Crippen LogP contribution < -0.4 is 11.1 Å². The van der Waals surface area contributed by atoms with Crippen molar-refractivity contribution in [2.75, 3.05) is 12.0 Å². The SMILES string of the molecule is CC(NC(=O)N1C(=O)C(Cc2ccnc(N)c2)C1S(C)(=O)=O)c1ccccc1. The zero-order valence-electron chi connectivity index (χ0n) is 15.6. The monoisotopic (exact) mass is 402 g/mol. The van der Waals surface area contributed by atoms with Gasteiger partial charge in [-0.2, -0.15) is 0 Å². The van der Waals surface area contributed by atoms with Gasteiger partial charge in [0.15, 0.2) is 15.2 Å². The lowest BCUT2D eigenvalue weighted by atomic mass is 9.91. The first-order valence-electron chi connectivity index (χ1n) is 8.76. The molecule has 1 aliphatic rings. The third kappa shape index (κ3) is 3.99. The molecule has 1 aromatic heterocycles. The average Bonchev–Trinajstić information content (AvgIpc) is 2.63. The van der Waals surface area contributed by atoms with Crippen LogP contribution in [0.1, 0.15) is 24.1 Å². The molecule has 3 atom stereocenters. The predicted molar refractivity (Wildman–Crippen MR) is 105 cm³/mol. The van der Waals surface area contributed by atoms with Gasteiger partial charge in [0, 0.05) is 12.5 Å². The highest BCUT2D eigenvalue weighted by Crippen LogP contribution is 2.34. The van der Waals surface area contributed by atoms with Gasteiger partial charge >= 0.3 is 6.03 Å². The maximum atomic E-state index is 12.6. The highest BCUT2D eigenvalue weighted by molar-refractivity contribution is 7.91. The highest BCUT2D eigenvalue weighted by atomic mass is 32.2. The number of nitrogens with one attached hydrogen (secondary N) is 1. The average molecular weight is 402 g/mol. The van der Waals surface area contributed by atoms with Gasteiger partial charge in [-0.25, -0.2) is 23.1 Å². The van der Waals surface area contributed by atoms with Crippen molar-refractivity contribution in [1.29, 1.82) is 0 Å². The first-order chi connectivity index (χ1) is 13.2. The molecule has 1 fully saturated rings. The second kappa shape index (κ2) is 7.59. The minimum absolute atomic E-state index is 0.168. The number of imide groups is 1. The fraction of sp³-hybridized carbons (Fsp3) is 0.316. The van der Waals surface area contributed by atoms with Gasteiger partial charge in [0.05, 0.1) is 12.0 Å². The van der Waals surface area contributed by atoms with Gasteiger partial charge in [0.2, 0.25) is 5.91 Å². The maximum absolute atomic E-state index is 12.6. The number of benzene rings is 1. The van der Waals surface area contributed by atoms with E-state index in [-0.39, 0.29) is 18.3 Å². The van der Waals surface area contributed by atoms with E-state index < -0.39 is 33.1 Å². The van der Waals surface area contributed by atoms with Crippen molar-refractivity contribution in [2.45, 2.75) is 24.8 Å². The van der Waals surface area contributed by atoms with Crippen molar-refractivity contribution in [1.82, 2.24) is 15.2 Å². The minimum atomic E-state index is -3.68. The number of carbonyl (C=O) groups excluding carboxylic acids is 2. The number of hydrogen-bond acceptors (Lipinski definition) is 6. The Morgan fingerprint density at radius 2 is 1.96 bits per heavy atom. The molecule has 1 aromatic carbocycles. The molecule has 1 saturated heterocycles. The number of rotatable bonds is 5. The van der Waals surface area contributed by atoms with Crippen LogP contribution in [0.3, 0.4) is 0 Å². The number of hydrogen-bond donors (Lipinski definition) is 2. The number of urea groups is 1. The molecule has 0 bridgehead atoms. The Labute approximate surface area is 163 Å². The Balaban J connectivity index is 1.77. The van der Waals surface area contributed by atoms with Crippen molar-refractivity contribution in [3.63, 3.8) is 0 Å². The predicted octanol–water partition coefficient (Wildman–Crippen LogP) is 1.51. The van der Waals surface area contributed by atoms with E-state index in [0.29, 0.717) is 5.56 Å². The van der Waals surface area contributed by atoms with E-state index in [4.69, 9.17) is 5.73 Å². The van der Waals surface area contributed by atoms with E-state index in [2.05, 4.69) is 10.3 Å². The van der Waals surface area contributed by atoms with E-state index in [1.165, 1.54) is 6.20 Å². The fourth-order valence-corrected chi connectivity index (χ4v) is 4.76. The lowest BCUT2D eigenvalue weighted by Crippen LogP contribution is -2.68. The first kappa shape index (κ1) is 19.8. The van der Waals surface area contributed by atoms with Gasteiger partial charge in [-0.05, 0) is 36.6 Å². The summed E-state index contributed by atoms with van der Waals surface area (Å²) in [6.07, 6.45) is 2.69. The summed E-state index contributed by atoms with van der Waals surface area (Å²) in [5.41, 5.74) is 7.19. The molecule has 0 saturated carbocycles. The quantitative estimate of drug-likeness (QED) is 0.731. The summed E-state index contributed by atoms with van der Waals surface area (Å²) in [7, 11) is -3.68. The number of pyridine rings is 1. The van der Waals surface area contributed by atoms with Crippen molar-refractivity contribution in [2.24, 2.45) is 5.92 Å². The van der Waals surface area contributed by atoms with Crippen LogP contribution in [0, 0.1) is 5.92 Å². The topological polar surface area (TPSA) is 122 Å². The number of sulfone groups is 1. The van der Waals surface area contributed by atoms with Crippen molar-refractivity contribution < 1.29 is 18.0 Å². The summed E-state index contributed by atoms with van der Waals surface area (Å²) in [5, 5.41) is 1.49. The Kier molecular flexibility index (Phi) is 5.37. The molecule has 2 heterocycles. The maximum Gasteiger partial charge on any atom is 0.325 e. The summed E-state index contributed by atoms with van der Waals surface area (Å²) in [6, 6.07) is 11.4. The van der Waals surface area contributed by atoms with Gasteiger partial charge in [0.1, 0.15) is 5.82 Å². The van der Waals surface area contributed by atoms with E-state index in [0.717, 1.165) is 16.7 Å². The Morgan fingerprint density at radius 3 is 2.57 bits per heavy atom. The molecule has 148 valence electrons. The summed E-state index contributed by atoms with van der Waals surface area (Å²) in [4.78, 5) is 29.9. The van der Waals surface area contributed by atoms with Crippen LogP contribution in [0.4, 0.5) is 10.6 Å². The molecule has 0 spiro atoms. The lowest BCUT2D eigenvalue weighted by Gasteiger charge is -2.44. The molecule has 28 heavy (non-hydrogen) atoms. The molecule has 1 aliphatic heterocycles. The number of aromatic nitrogens is 1. The first-order valence-corrected chi connectivity index (χ1v) is 10.7. The number of likely N-dealkylation sites (tertiary alicyclic amines) is 1. The van der Waals surface area contributed by atoms with E-state index in [9.17, 15) is 18.0 Å². The zero-order valence-corrected chi connectivity index (χ0v) is 16.4. The van der Waals surface area contributed by atoms with Crippen LogP contribution in [0.5, 0.6) is 0 Å². The van der Waals surface area contributed by atoms with Crippen LogP contribution in [0.15, 0.2) is 48.7 Å². The van der Waals surface area contributed by atoms with E-state index in [1.54, 1.807) is 19.1 Å². The molecule has 9 heteroatoms. The second-order valence-corrected chi connectivity index (χ2v) is 9.05. The molecule has 3 rings (SSSR count). The number of nitrogens with zero attached hydrogens (tertiary/aromatic N) is 2. The number of amides is 3. The summed E-state index contributed by atoms with van der Waals surface area (Å²) in [5.74, 6) is -1.08. The third-order valence-electron chi connectivity index (χ3n) is 4.75. The Morgan fingerprint density at radius 1 is 1.29 bits per heavy atom. The largest absolute Gasteiger partial charge is 0.384 e. The number of carbonyl (C=O) groups is 2. The molecule has 3 unspecified atom stereocenters. The summed E-state index contributed by atoms with van der Waals surface area (Å²) in [6.45, 7) is 1.77. The van der Waals surface area contributed by atoms with Crippen molar-refractivity contribution in [3.05, 3.63) is 59.8 Å². The van der Waals surface area contributed by atoms with E-state index >= 15 is 0 Å². The zero-order chi connectivity index (χ0) is 20.5. The number of nitrogen functional groups attached to an aromatic ring is 1. The van der Waals surface area contributed by atoms with E-state index in [1.807, 2.05) is 30.3 Å². The second-order valence-electron chi connectivity index (χ2n) is 6.91. The number of nitrogens with two attached hydrogens (primary N) is 1. The standard InChI is InChI=1S/C19H22N4O4S/c1-12(14-6-4-3-5-7-14)22-19(25)23-17(24)15(18(23)28(2,26)27)10-13-8-9-21-16(20)11-13/h3-9,11-12,15,18H,10H2,1-2H3,(H2,20,21)(H,22,25). The molecular weight excluding hydrogens is 380 g/mol. The van der Waals surface area contributed by atoms with Gasteiger partial charge in [-0.15, -0.1) is 0 Å². The van der Waals surface area contributed by atoms with Crippen molar-refractivity contribution >= 4 is 27.6 Å². The van der Waals surface area contributed by atoms with Crippen LogP contribution in [0.2, 0.25) is 0 Å². The van der Waals surface area contributed by atoms with Crippen LogP contribution in [-0.4, -0.2) is 41.9 Å². The highest BCUT2D eigenvalue weighted by Gasteiger charge is 2.55. The minimum Gasteiger partial charge on any atom is -0.384 e. The molecule has 3 N–H and O–H groups in total. The number of anilines is 1. The Bertz CT molecular complexity index is 994. The summed E-state index contributed by atoms with van der Waals surface area (Å²) < 4.78 is 24.6. The fourth-order valence-electron chi connectivity index (χ4n) is 3.37. The normalized spacial score (nSPS) is 20.4. The van der Waals surface area contributed by atoms with Gasteiger partial charge in [-0.1, -0.05) is 30.3 Å². The lowest BCUT2D eigenvalue weighted by molar-refractivity contribution is -0.145. The van der Waals surface area contributed by atoms with Crippen LogP contribution >= 0.6 is 0 Å². The smallest absolute Gasteiger partial charge is 0.325 e. The molecular formula is C19H22N4O4S. The molecule has 8 nitrogen and oxygen atoms in total. The van der Waals surface area contributed by atoms with Gasteiger partial charge in [-0.3, -0.25) is 4.79 Å². The molecule has 2 aromatic rings. The third-order valence-corrected chi connectivity index (χ3v) is 6.17. The van der Waals surface area contributed by atoms with Crippen molar-refractivity contribution in [3.8, 4) is 0 Å². The molecule has 0 aliphatic carbocycles. The van der Waals surface area contributed by atoms with Crippen LogP contribution in [-0.2, 0) is 21.1 Å². The van der Waals surface area contributed by atoms with Gasteiger partial charge < -0.3 is 11.1 Å². The summed E-state index contributed by atoms with van der Waals surface area (Å²) >= 11 is 0.